The fourth-order valence-electron chi connectivity index (χ4n) is 3.38. The van der Waals surface area contributed by atoms with Crippen LogP contribution in [0.25, 0.3) is 6.08 Å². The molecule has 4 rings (SSSR count). The summed E-state index contributed by atoms with van der Waals surface area (Å²) in [7, 11) is 0. The standard InChI is InChI=1S/C26H22FNO3S/c27-22-10-4-8-21(16-22)18-31-23-13-11-20(12-14-23)17-24-25(29)28(26(30)32-24)15-5-9-19-6-2-1-3-7-19/h1-4,6-8,10-14,16-17H,5,9,15,18H2/b24-17+. The molecule has 162 valence electrons. The van der Waals surface area contributed by atoms with Crippen molar-refractivity contribution >= 4 is 29.0 Å². The molecule has 0 atom stereocenters. The Kier molecular flexibility index (Phi) is 7.02. The van der Waals surface area contributed by atoms with E-state index >= 15 is 0 Å². The third-order valence-corrected chi connectivity index (χ3v) is 5.94. The summed E-state index contributed by atoms with van der Waals surface area (Å²) in [4.78, 5) is 26.7. The molecular weight excluding hydrogens is 425 g/mol. The lowest BCUT2D eigenvalue weighted by Crippen LogP contribution is -2.29. The fraction of sp³-hybridized carbons (Fsp3) is 0.154. The maximum Gasteiger partial charge on any atom is 0.293 e. The van der Waals surface area contributed by atoms with Gasteiger partial charge < -0.3 is 4.74 Å². The molecule has 0 N–H and O–H groups in total. The minimum atomic E-state index is -0.296. The van der Waals surface area contributed by atoms with Gasteiger partial charge in [0.05, 0.1) is 4.91 Å². The van der Waals surface area contributed by atoms with Gasteiger partial charge in [0.15, 0.2) is 0 Å². The molecule has 0 radical (unpaired) electrons. The average Bonchev–Trinajstić information content (AvgIpc) is 3.07. The smallest absolute Gasteiger partial charge is 0.293 e. The van der Waals surface area contributed by atoms with E-state index in [1.807, 2.05) is 42.5 Å². The van der Waals surface area contributed by atoms with Gasteiger partial charge >= 0.3 is 0 Å². The molecule has 0 bridgehead atoms. The minimum absolute atomic E-state index is 0.232. The lowest BCUT2D eigenvalue weighted by molar-refractivity contribution is -0.122. The zero-order valence-electron chi connectivity index (χ0n) is 17.4. The molecule has 0 aliphatic carbocycles. The van der Waals surface area contributed by atoms with E-state index in [2.05, 4.69) is 0 Å². The van der Waals surface area contributed by atoms with Gasteiger partial charge in [-0.25, -0.2) is 4.39 Å². The van der Waals surface area contributed by atoms with Gasteiger partial charge in [-0.15, -0.1) is 0 Å². The van der Waals surface area contributed by atoms with Gasteiger partial charge in [0.2, 0.25) is 0 Å². The third kappa shape index (κ3) is 5.65. The molecule has 4 nitrogen and oxygen atoms in total. The highest BCUT2D eigenvalue weighted by molar-refractivity contribution is 8.18. The van der Waals surface area contributed by atoms with Crippen molar-refractivity contribution in [3.05, 3.63) is 106 Å². The van der Waals surface area contributed by atoms with Gasteiger partial charge in [-0.05, 0) is 71.6 Å². The Morgan fingerprint density at radius 1 is 0.906 bits per heavy atom. The van der Waals surface area contributed by atoms with E-state index in [9.17, 15) is 14.0 Å². The van der Waals surface area contributed by atoms with Gasteiger partial charge in [0, 0.05) is 6.54 Å². The molecule has 2 amide bonds. The van der Waals surface area contributed by atoms with Gasteiger partial charge in [-0.1, -0.05) is 54.6 Å². The van der Waals surface area contributed by atoms with E-state index in [-0.39, 0.29) is 23.6 Å². The first-order valence-electron chi connectivity index (χ1n) is 10.3. The quantitative estimate of drug-likeness (QED) is 0.393. The van der Waals surface area contributed by atoms with Crippen LogP contribution in [0.2, 0.25) is 0 Å². The predicted molar refractivity (Wildman–Crippen MR) is 125 cm³/mol. The highest BCUT2D eigenvalue weighted by Gasteiger charge is 2.34. The number of thioether (sulfide) groups is 1. The Balaban J connectivity index is 1.32. The molecule has 1 heterocycles. The molecule has 0 unspecified atom stereocenters. The Bertz CT molecular complexity index is 1130. The van der Waals surface area contributed by atoms with Crippen molar-refractivity contribution in [2.45, 2.75) is 19.4 Å². The second-order valence-electron chi connectivity index (χ2n) is 7.41. The zero-order valence-corrected chi connectivity index (χ0v) is 18.2. The molecule has 1 fully saturated rings. The number of hydrogen-bond acceptors (Lipinski definition) is 4. The average molecular weight is 448 g/mol. The van der Waals surface area contributed by atoms with Crippen molar-refractivity contribution in [3.8, 4) is 5.75 Å². The van der Waals surface area contributed by atoms with Crippen LogP contribution in [0.1, 0.15) is 23.1 Å². The van der Waals surface area contributed by atoms with Crippen LogP contribution in [0.3, 0.4) is 0 Å². The van der Waals surface area contributed by atoms with Crippen LogP contribution in [0.15, 0.2) is 83.8 Å². The summed E-state index contributed by atoms with van der Waals surface area (Å²) < 4.78 is 18.9. The number of carbonyl (C=O) groups excluding carboxylic acids is 2. The third-order valence-electron chi connectivity index (χ3n) is 5.04. The normalized spacial score (nSPS) is 14.9. The number of amides is 2. The van der Waals surface area contributed by atoms with Gasteiger partial charge in [-0.3, -0.25) is 14.5 Å². The number of hydrogen-bond donors (Lipinski definition) is 0. The first kappa shape index (κ1) is 21.8. The highest BCUT2D eigenvalue weighted by atomic mass is 32.2. The predicted octanol–water partition coefficient (Wildman–Crippen LogP) is 6.07. The molecule has 0 saturated carbocycles. The first-order chi connectivity index (χ1) is 15.6. The number of carbonyl (C=O) groups is 2. The maximum atomic E-state index is 13.3. The van der Waals surface area contributed by atoms with E-state index in [1.165, 1.54) is 22.6 Å². The fourth-order valence-corrected chi connectivity index (χ4v) is 4.25. The molecule has 3 aromatic rings. The molecule has 1 aliphatic heterocycles. The summed E-state index contributed by atoms with van der Waals surface area (Å²) in [5.74, 6) is 0.0929. The molecular formula is C26H22FNO3S. The highest BCUT2D eigenvalue weighted by Crippen LogP contribution is 2.32. The van der Waals surface area contributed by atoms with Crippen LogP contribution >= 0.6 is 11.8 Å². The van der Waals surface area contributed by atoms with E-state index < -0.39 is 0 Å². The van der Waals surface area contributed by atoms with Crippen molar-refractivity contribution in [1.82, 2.24) is 4.90 Å². The van der Waals surface area contributed by atoms with E-state index in [0.29, 0.717) is 17.2 Å². The van der Waals surface area contributed by atoms with Gasteiger partial charge in [0.1, 0.15) is 18.2 Å². The van der Waals surface area contributed by atoms with E-state index in [0.717, 1.165) is 35.7 Å². The number of ether oxygens (including phenoxy) is 1. The van der Waals surface area contributed by atoms with Crippen LogP contribution in [0, 0.1) is 5.82 Å². The molecule has 32 heavy (non-hydrogen) atoms. The summed E-state index contributed by atoms with van der Waals surface area (Å²) >= 11 is 0.968. The summed E-state index contributed by atoms with van der Waals surface area (Å²) in [5.41, 5.74) is 2.74. The number of imide groups is 1. The lowest BCUT2D eigenvalue weighted by Gasteiger charge is -2.12. The number of halogens is 1. The largest absolute Gasteiger partial charge is 0.489 e. The molecule has 3 aromatic carbocycles. The summed E-state index contributed by atoms with van der Waals surface area (Å²) in [6.07, 6.45) is 3.27. The van der Waals surface area contributed by atoms with Crippen LogP contribution in [-0.2, 0) is 17.8 Å². The summed E-state index contributed by atoms with van der Waals surface area (Å²) in [5, 5.41) is -0.232. The first-order valence-corrected chi connectivity index (χ1v) is 11.2. The summed E-state index contributed by atoms with van der Waals surface area (Å²) in [6, 6.07) is 23.5. The van der Waals surface area contributed by atoms with Gasteiger partial charge in [0.25, 0.3) is 11.1 Å². The topological polar surface area (TPSA) is 46.6 Å². The van der Waals surface area contributed by atoms with Crippen molar-refractivity contribution < 1.29 is 18.7 Å². The molecule has 1 saturated heterocycles. The number of rotatable bonds is 8. The monoisotopic (exact) mass is 447 g/mol. The Morgan fingerprint density at radius 2 is 1.66 bits per heavy atom. The minimum Gasteiger partial charge on any atom is -0.489 e. The lowest BCUT2D eigenvalue weighted by atomic mass is 10.1. The molecule has 0 spiro atoms. The Morgan fingerprint density at radius 3 is 2.41 bits per heavy atom. The molecule has 0 aromatic heterocycles. The number of aryl methyl sites for hydroxylation is 1. The van der Waals surface area contributed by atoms with Crippen molar-refractivity contribution in [2.24, 2.45) is 0 Å². The number of benzene rings is 3. The zero-order chi connectivity index (χ0) is 22.3. The van der Waals surface area contributed by atoms with Gasteiger partial charge in [-0.2, -0.15) is 0 Å². The van der Waals surface area contributed by atoms with Crippen LogP contribution in [-0.4, -0.2) is 22.6 Å². The van der Waals surface area contributed by atoms with Crippen molar-refractivity contribution in [1.29, 1.82) is 0 Å². The SMILES string of the molecule is O=C1S/C(=C/c2ccc(OCc3cccc(F)c3)cc2)C(=O)N1CCCc1ccccc1. The molecule has 6 heteroatoms. The van der Waals surface area contributed by atoms with E-state index in [1.54, 1.807) is 30.3 Å². The molecule has 1 aliphatic rings. The van der Waals surface area contributed by atoms with Crippen LogP contribution in [0.4, 0.5) is 9.18 Å². The second kappa shape index (κ2) is 10.3. The number of nitrogens with zero attached hydrogens (tertiary/aromatic N) is 1. The Hall–Kier alpha value is -3.38. The van der Waals surface area contributed by atoms with Crippen molar-refractivity contribution in [2.75, 3.05) is 6.54 Å². The Labute approximate surface area is 190 Å². The van der Waals surface area contributed by atoms with Crippen molar-refractivity contribution in [3.63, 3.8) is 0 Å². The summed E-state index contributed by atoms with van der Waals surface area (Å²) in [6.45, 7) is 0.669. The van der Waals surface area contributed by atoms with E-state index in [4.69, 9.17) is 4.74 Å². The van der Waals surface area contributed by atoms with Crippen LogP contribution in [0.5, 0.6) is 5.75 Å². The maximum absolute atomic E-state index is 13.3. The van der Waals surface area contributed by atoms with Crippen LogP contribution < -0.4 is 4.74 Å². The second-order valence-corrected chi connectivity index (χ2v) is 8.40.